The van der Waals surface area contributed by atoms with Gasteiger partial charge in [-0.05, 0) is 29.8 Å². The largest absolute Gasteiger partial charge is 0.487 e. The molecule has 0 atom stereocenters. The molecular weight excluding hydrogens is 307 g/mol. The molecule has 0 saturated carbocycles. The Hall–Kier alpha value is -1.23. The fraction of sp³-hybridized carbons (Fsp3) is 0.0769. The zero-order valence-electron chi connectivity index (χ0n) is 9.71. The Morgan fingerprint density at radius 3 is 2.47 bits per heavy atom. The first-order valence-electron chi connectivity index (χ1n) is 5.38. The standard InChI is InChI=1S/C13H10Cl2O3S/c14-12-6-1-2-7-13(12)18-9-10-4-3-5-11(8-10)19(15,16)17/h1-8H,9H2. The first kappa shape index (κ1) is 14.2. The lowest BCUT2D eigenvalue weighted by Crippen LogP contribution is -1.98. The maximum absolute atomic E-state index is 11.2. The van der Waals surface area contributed by atoms with Gasteiger partial charge in [-0.3, -0.25) is 0 Å². The highest BCUT2D eigenvalue weighted by Gasteiger charge is 2.10. The molecule has 2 rings (SSSR count). The molecule has 0 saturated heterocycles. The number of benzene rings is 2. The normalized spacial score (nSPS) is 11.3. The summed E-state index contributed by atoms with van der Waals surface area (Å²) < 4.78 is 28.0. The van der Waals surface area contributed by atoms with Crippen LogP contribution in [0.4, 0.5) is 0 Å². The van der Waals surface area contributed by atoms with E-state index in [0.717, 1.165) is 0 Å². The third kappa shape index (κ3) is 3.86. The molecule has 2 aromatic carbocycles. The minimum absolute atomic E-state index is 0.0504. The van der Waals surface area contributed by atoms with E-state index in [2.05, 4.69) is 0 Å². The molecule has 0 amide bonds. The van der Waals surface area contributed by atoms with Gasteiger partial charge in [0, 0.05) is 10.7 Å². The van der Waals surface area contributed by atoms with E-state index in [-0.39, 0.29) is 11.5 Å². The zero-order valence-corrected chi connectivity index (χ0v) is 12.0. The average Bonchev–Trinajstić information content (AvgIpc) is 2.37. The molecule has 2 aromatic rings. The fourth-order valence-corrected chi connectivity index (χ4v) is 2.52. The van der Waals surface area contributed by atoms with Crippen LogP contribution in [0.3, 0.4) is 0 Å². The maximum atomic E-state index is 11.2. The molecule has 0 heterocycles. The molecule has 0 bridgehead atoms. The van der Waals surface area contributed by atoms with E-state index in [9.17, 15) is 8.42 Å². The number of para-hydroxylation sites is 1. The van der Waals surface area contributed by atoms with Gasteiger partial charge in [-0.25, -0.2) is 8.42 Å². The number of halogens is 2. The predicted octanol–water partition coefficient (Wildman–Crippen LogP) is 3.85. The van der Waals surface area contributed by atoms with E-state index in [1.54, 1.807) is 36.4 Å². The van der Waals surface area contributed by atoms with Crippen molar-refractivity contribution in [3.8, 4) is 5.75 Å². The van der Waals surface area contributed by atoms with Crippen molar-refractivity contribution in [2.45, 2.75) is 11.5 Å². The summed E-state index contributed by atoms with van der Waals surface area (Å²) in [5.74, 6) is 0.545. The zero-order chi connectivity index (χ0) is 13.9. The van der Waals surface area contributed by atoms with E-state index in [4.69, 9.17) is 27.0 Å². The molecule has 0 N–H and O–H groups in total. The molecule has 19 heavy (non-hydrogen) atoms. The number of hydrogen-bond donors (Lipinski definition) is 0. The van der Waals surface area contributed by atoms with E-state index in [0.29, 0.717) is 16.3 Å². The molecule has 0 aliphatic heterocycles. The van der Waals surface area contributed by atoms with Gasteiger partial charge in [0.25, 0.3) is 9.05 Å². The van der Waals surface area contributed by atoms with Crippen LogP contribution in [-0.4, -0.2) is 8.42 Å². The van der Waals surface area contributed by atoms with Crippen LogP contribution in [0.1, 0.15) is 5.56 Å². The van der Waals surface area contributed by atoms with Gasteiger partial charge >= 0.3 is 0 Å². The monoisotopic (exact) mass is 316 g/mol. The van der Waals surface area contributed by atoms with Gasteiger partial charge in [-0.1, -0.05) is 35.9 Å². The van der Waals surface area contributed by atoms with Crippen molar-refractivity contribution < 1.29 is 13.2 Å². The lowest BCUT2D eigenvalue weighted by Gasteiger charge is -2.08. The highest BCUT2D eigenvalue weighted by Crippen LogP contribution is 2.24. The van der Waals surface area contributed by atoms with Gasteiger partial charge in [0.2, 0.25) is 0 Å². The Morgan fingerprint density at radius 1 is 1.05 bits per heavy atom. The third-order valence-electron chi connectivity index (χ3n) is 2.41. The summed E-state index contributed by atoms with van der Waals surface area (Å²) in [5, 5.41) is 0.503. The van der Waals surface area contributed by atoms with Gasteiger partial charge < -0.3 is 4.74 Å². The Labute approximate surface area is 121 Å². The minimum atomic E-state index is -3.73. The predicted molar refractivity (Wildman–Crippen MR) is 75.3 cm³/mol. The van der Waals surface area contributed by atoms with Crippen LogP contribution in [0.15, 0.2) is 53.4 Å². The molecule has 0 spiro atoms. The van der Waals surface area contributed by atoms with E-state index in [1.165, 1.54) is 12.1 Å². The summed E-state index contributed by atoms with van der Waals surface area (Å²) in [6, 6.07) is 13.3. The lowest BCUT2D eigenvalue weighted by atomic mass is 10.2. The Bertz CT molecular complexity index is 684. The summed E-state index contributed by atoms with van der Waals surface area (Å²) in [6.45, 7) is 0.212. The summed E-state index contributed by atoms with van der Waals surface area (Å²) in [4.78, 5) is 0.0504. The van der Waals surface area contributed by atoms with Crippen molar-refractivity contribution in [1.29, 1.82) is 0 Å². The Morgan fingerprint density at radius 2 is 1.79 bits per heavy atom. The lowest BCUT2D eigenvalue weighted by molar-refractivity contribution is 0.306. The number of ether oxygens (including phenoxy) is 1. The van der Waals surface area contributed by atoms with Crippen molar-refractivity contribution in [2.24, 2.45) is 0 Å². The van der Waals surface area contributed by atoms with Crippen LogP contribution in [0.25, 0.3) is 0 Å². The molecule has 6 heteroatoms. The van der Waals surface area contributed by atoms with Crippen LogP contribution in [-0.2, 0) is 15.7 Å². The average molecular weight is 317 g/mol. The van der Waals surface area contributed by atoms with Crippen LogP contribution in [0, 0.1) is 0 Å². The van der Waals surface area contributed by atoms with E-state index >= 15 is 0 Å². The topological polar surface area (TPSA) is 43.4 Å². The highest BCUT2D eigenvalue weighted by molar-refractivity contribution is 8.13. The second kappa shape index (κ2) is 5.82. The second-order valence-corrected chi connectivity index (χ2v) is 6.78. The summed E-state index contributed by atoms with van der Waals surface area (Å²) in [6.07, 6.45) is 0. The van der Waals surface area contributed by atoms with Crippen molar-refractivity contribution in [1.82, 2.24) is 0 Å². The summed E-state index contributed by atoms with van der Waals surface area (Å²) >= 11 is 5.95. The first-order valence-corrected chi connectivity index (χ1v) is 8.06. The summed E-state index contributed by atoms with van der Waals surface area (Å²) in [7, 11) is 1.56. The quantitative estimate of drug-likeness (QED) is 0.805. The third-order valence-corrected chi connectivity index (χ3v) is 4.07. The van der Waals surface area contributed by atoms with Crippen LogP contribution < -0.4 is 4.74 Å². The van der Waals surface area contributed by atoms with Gasteiger partial charge in [0.05, 0.1) is 9.92 Å². The smallest absolute Gasteiger partial charge is 0.261 e. The van der Waals surface area contributed by atoms with Gasteiger partial charge in [-0.15, -0.1) is 0 Å². The molecule has 0 aliphatic carbocycles. The van der Waals surface area contributed by atoms with Crippen molar-refractivity contribution in [2.75, 3.05) is 0 Å². The van der Waals surface area contributed by atoms with Gasteiger partial charge in [0.15, 0.2) is 0 Å². The van der Waals surface area contributed by atoms with E-state index < -0.39 is 9.05 Å². The molecule has 0 aromatic heterocycles. The first-order chi connectivity index (χ1) is 8.97. The molecule has 0 unspecified atom stereocenters. The number of hydrogen-bond acceptors (Lipinski definition) is 3. The Balaban J connectivity index is 2.15. The highest BCUT2D eigenvalue weighted by atomic mass is 35.7. The molecule has 0 radical (unpaired) electrons. The number of rotatable bonds is 4. The van der Waals surface area contributed by atoms with Crippen LogP contribution >= 0.6 is 22.3 Å². The maximum Gasteiger partial charge on any atom is 0.261 e. The molecule has 0 aliphatic rings. The van der Waals surface area contributed by atoms with Crippen LogP contribution in [0.5, 0.6) is 5.75 Å². The molecule has 100 valence electrons. The fourth-order valence-electron chi connectivity index (χ4n) is 1.51. The van der Waals surface area contributed by atoms with Crippen LogP contribution in [0.2, 0.25) is 5.02 Å². The van der Waals surface area contributed by atoms with Crippen molar-refractivity contribution in [3.63, 3.8) is 0 Å². The minimum Gasteiger partial charge on any atom is -0.487 e. The molecular formula is C13H10Cl2O3S. The van der Waals surface area contributed by atoms with E-state index in [1.807, 2.05) is 0 Å². The van der Waals surface area contributed by atoms with Crippen molar-refractivity contribution in [3.05, 3.63) is 59.1 Å². The van der Waals surface area contributed by atoms with Gasteiger partial charge in [-0.2, -0.15) is 0 Å². The Kier molecular flexibility index (Phi) is 4.34. The molecule has 0 fully saturated rings. The SMILES string of the molecule is O=S(=O)(Cl)c1cccc(COc2ccccc2Cl)c1. The van der Waals surface area contributed by atoms with Gasteiger partial charge in [0.1, 0.15) is 12.4 Å². The molecule has 3 nitrogen and oxygen atoms in total. The second-order valence-electron chi connectivity index (χ2n) is 3.80. The van der Waals surface area contributed by atoms with Crippen molar-refractivity contribution >= 4 is 31.3 Å². The summed E-state index contributed by atoms with van der Waals surface area (Å²) in [5.41, 5.74) is 0.696.